The summed E-state index contributed by atoms with van der Waals surface area (Å²) in [6.45, 7) is 8.21. The van der Waals surface area contributed by atoms with Crippen LogP contribution in [0.3, 0.4) is 0 Å². The van der Waals surface area contributed by atoms with Gasteiger partial charge in [-0.1, -0.05) is 69.7 Å². The molecule has 2 aromatic carbocycles. The Labute approximate surface area is 196 Å². The second-order valence-electron chi connectivity index (χ2n) is 8.27. The fourth-order valence-electron chi connectivity index (χ4n) is 3.12. The summed E-state index contributed by atoms with van der Waals surface area (Å²) in [6.07, 6.45) is 0.921. The molecule has 0 bridgehead atoms. The molecule has 2 rings (SSSR count). The summed E-state index contributed by atoms with van der Waals surface area (Å²) in [4.78, 5) is 37.5. The van der Waals surface area contributed by atoms with Crippen LogP contribution in [0.25, 0.3) is 0 Å². The van der Waals surface area contributed by atoms with Crippen LogP contribution in [0.4, 0.5) is 4.79 Å². The lowest BCUT2D eigenvalue weighted by atomic mass is 9.98. The summed E-state index contributed by atoms with van der Waals surface area (Å²) in [5.74, 6) is -0.518. The first-order valence-corrected chi connectivity index (χ1v) is 11.5. The summed E-state index contributed by atoms with van der Waals surface area (Å²) in [5.41, 5.74) is 2.22. The van der Waals surface area contributed by atoms with Gasteiger partial charge in [0.05, 0.1) is 0 Å². The Morgan fingerprint density at radius 2 is 1.58 bits per heavy atom. The van der Waals surface area contributed by atoms with Gasteiger partial charge in [-0.3, -0.25) is 9.59 Å². The van der Waals surface area contributed by atoms with Crippen molar-refractivity contribution in [3.63, 3.8) is 0 Å². The molecule has 0 aromatic heterocycles. The van der Waals surface area contributed by atoms with Gasteiger partial charge in [-0.2, -0.15) is 0 Å². The maximum absolute atomic E-state index is 12.9. The molecule has 0 spiro atoms. The lowest BCUT2D eigenvalue weighted by Crippen LogP contribution is -2.50. The van der Waals surface area contributed by atoms with Crippen molar-refractivity contribution >= 4 is 17.9 Å². The van der Waals surface area contributed by atoms with Gasteiger partial charge in [0.1, 0.15) is 12.6 Å². The number of amides is 3. The van der Waals surface area contributed by atoms with Crippen LogP contribution in [0, 0.1) is 5.92 Å². The van der Waals surface area contributed by atoms with E-state index in [1.54, 1.807) is 18.2 Å². The van der Waals surface area contributed by atoms with Gasteiger partial charge in [0.2, 0.25) is 5.91 Å². The van der Waals surface area contributed by atoms with Crippen molar-refractivity contribution in [2.45, 2.75) is 65.8 Å². The molecule has 3 N–H and O–H groups in total. The van der Waals surface area contributed by atoms with Gasteiger partial charge in [-0.25, -0.2) is 4.79 Å². The van der Waals surface area contributed by atoms with Gasteiger partial charge in [-0.15, -0.1) is 0 Å². The highest BCUT2D eigenvalue weighted by Gasteiger charge is 2.26. The zero-order valence-electron chi connectivity index (χ0n) is 19.9. The minimum Gasteiger partial charge on any atom is -0.445 e. The second-order valence-corrected chi connectivity index (χ2v) is 8.27. The topological polar surface area (TPSA) is 96.5 Å². The smallest absolute Gasteiger partial charge is 0.408 e. The maximum atomic E-state index is 12.9. The molecule has 0 aliphatic rings. The molecule has 0 saturated carbocycles. The molecule has 3 atom stereocenters. The van der Waals surface area contributed by atoms with Crippen molar-refractivity contribution in [1.82, 2.24) is 16.0 Å². The molecule has 178 valence electrons. The van der Waals surface area contributed by atoms with Crippen LogP contribution in [-0.4, -0.2) is 30.0 Å². The Balaban J connectivity index is 1.94. The summed E-state index contributed by atoms with van der Waals surface area (Å²) >= 11 is 0. The van der Waals surface area contributed by atoms with E-state index in [2.05, 4.69) is 16.0 Å². The molecule has 7 heteroatoms. The SMILES string of the molecule is CCC(C)NC(=O)c1cccc(CNC(=O)[C@@H](NC(=O)OCc2ccccc2)[C@@H](C)CC)c1. The van der Waals surface area contributed by atoms with Crippen LogP contribution in [0.2, 0.25) is 0 Å². The number of ether oxygens (including phenoxy) is 1. The fraction of sp³-hybridized carbons (Fsp3) is 0.423. The number of nitrogens with one attached hydrogen (secondary N) is 3. The van der Waals surface area contributed by atoms with Crippen molar-refractivity contribution in [1.29, 1.82) is 0 Å². The highest BCUT2D eigenvalue weighted by Crippen LogP contribution is 2.11. The van der Waals surface area contributed by atoms with Gasteiger partial charge in [-0.05, 0) is 42.5 Å². The minimum atomic E-state index is -0.727. The number of hydrogen-bond acceptors (Lipinski definition) is 4. The Bertz CT molecular complexity index is 917. The number of benzene rings is 2. The Kier molecular flexibility index (Phi) is 10.4. The van der Waals surface area contributed by atoms with Crippen molar-refractivity contribution < 1.29 is 19.1 Å². The fourth-order valence-corrected chi connectivity index (χ4v) is 3.12. The van der Waals surface area contributed by atoms with Crippen molar-refractivity contribution in [2.75, 3.05) is 0 Å². The molecule has 3 amide bonds. The maximum Gasteiger partial charge on any atom is 0.408 e. The summed E-state index contributed by atoms with van der Waals surface area (Å²) < 4.78 is 5.27. The molecular weight excluding hydrogens is 418 g/mol. The molecule has 0 aliphatic heterocycles. The van der Waals surface area contributed by atoms with Gasteiger partial charge in [0, 0.05) is 18.2 Å². The third-order valence-corrected chi connectivity index (χ3v) is 5.63. The standard InChI is InChI=1S/C26H35N3O4/c1-5-18(3)23(29-26(32)33-17-20-11-8-7-9-12-20)25(31)27-16-21-13-10-14-22(15-21)24(30)28-19(4)6-2/h7-15,18-19,23H,5-6,16-17H2,1-4H3,(H,27,31)(H,28,30)(H,29,32)/t18-,19?,23-/m0/s1. The highest BCUT2D eigenvalue weighted by atomic mass is 16.5. The summed E-state index contributed by atoms with van der Waals surface area (Å²) in [5, 5.41) is 8.50. The van der Waals surface area contributed by atoms with Gasteiger partial charge in [0.25, 0.3) is 5.91 Å². The van der Waals surface area contributed by atoms with E-state index in [-0.39, 0.29) is 36.9 Å². The third kappa shape index (κ3) is 8.60. The normalized spacial score (nSPS) is 13.3. The van der Waals surface area contributed by atoms with E-state index in [0.29, 0.717) is 12.0 Å². The number of alkyl carbamates (subject to hydrolysis) is 1. The predicted octanol–water partition coefficient (Wildman–Crippen LogP) is 4.17. The van der Waals surface area contributed by atoms with E-state index in [9.17, 15) is 14.4 Å². The van der Waals surface area contributed by atoms with Crippen LogP contribution in [-0.2, 0) is 22.7 Å². The predicted molar refractivity (Wildman–Crippen MR) is 129 cm³/mol. The van der Waals surface area contributed by atoms with E-state index < -0.39 is 12.1 Å². The van der Waals surface area contributed by atoms with Gasteiger partial charge in [0.15, 0.2) is 0 Å². The molecule has 0 fully saturated rings. The van der Waals surface area contributed by atoms with E-state index in [1.165, 1.54) is 0 Å². The first kappa shape index (κ1) is 25.9. The average Bonchev–Trinajstić information content (AvgIpc) is 2.84. The lowest BCUT2D eigenvalue weighted by molar-refractivity contribution is -0.124. The van der Waals surface area contributed by atoms with Crippen molar-refractivity contribution in [2.24, 2.45) is 5.92 Å². The van der Waals surface area contributed by atoms with Crippen LogP contribution >= 0.6 is 0 Å². The minimum absolute atomic E-state index is 0.0816. The summed E-state index contributed by atoms with van der Waals surface area (Å²) in [7, 11) is 0. The molecule has 0 radical (unpaired) electrons. The van der Waals surface area contributed by atoms with Gasteiger partial charge < -0.3 is 20.7 Å². The molecule has 7 nitrogen and oxygen atoms in total. The average molecular weight is 454 g/mol. The quantitative estimate of drug-likeness (QED) is 0.476. The van der Waals surface area contributed by atoms with Crippen molar-refractivity contribution in [3.8, 4) is 0 Å². The van der Waals surface area contributed by atoms with Crippen LogP contribution in [0.1, 0.15) is 62.0 Å². The molecule has 1 unspecified atom stereocenters. The first-order valence-electron chi connectivity index (χ1n) is 11.5. The Morgan fingerprint density at radius 1 is 0.879 bits per heavy atom. The Hall–Kier alpha value is -3.35. The molecule has 33 heavy (non-hydrogen) atoms. The molecule has 2 aromatic rings. The number of carbonyl (C=O) groups is 3. The van der Waals surface area contributed by atoms with Crippen LogP contribution in [0.5, 0.6) is 0 Å². The zero-order chi connectivity index (χ0) is 24.2. The lowest BCUT2D eigenvalue weighted by Gasteiger charge is -2.23. The zero-order valence-corrected chi connectivity index (χ0v) is 19.9. The van der Waals surface area contributed by atoms with E-state index >= 15 is 0 Å². The number of carbonyl (C=O) groups excluding carboxylic acids is 3. The number of hydrogen-bond donors (Lipinski definition) is 3. The molecule has 0 heterocycles. The summed E-state index contributed by atoms with van der Waals surface area (Å²) in [6, 6.07) is 15.9. The largest absolute Gasteiger partial charge is 0.445 e. The number of rotatable bonds is 11. The molecule has 0 saturated heterocycles. The Morgan fingerprint density at radius 3 is 2.24 bits per heavy atom. The molecule has 0 aliphatic carbocycles. The molecular formula is C26H35N3O4. The van der Waals surface area contributed by atoms with E-state index in [4.69, 9.17) is 4.74 Å². The van der Waals surface area contributed by atoms with Crippen molar-refractivity contribution in [3.05, 3.63) is 71.3 Å². The van der Waals surface area contributed by atoms with Gasteiger partial charge >= 0.3 is 6.09 Å². The second kappa shape index (κ2) is 13.3. The van der Waals surface area contributed by atoms with E-state index in [0.717, 1.165) is 17.5 Å². The first-order chi connectivity index (χ1) is 15.8. The van der Waals surface area contributed by atoms with Crippen LogP contribution < -0.4 is 16.0 Å². The van der Waals surface area contributed by atoms with Crippen LogP contribution in [0.15, 0.2) is 54.6 Å². The van der Waals surface area contributed by atoms with E-state index in [1.807, 2.05) is 64.1 Å². The highest BCUT2D eigenvalue weighted by molar-refractivity contribution is 5.94. The monoisotopic (exact) mass is 453 g/mol. The third-order valence-electron chi connectivity index (χ3n) is 5.63.